The van der Waals surface area contributed by atoms with Gasteiger partial charge in [-0.1, -0.05) is 35.3 Å². The maximum atomic E-state index is 13.8. The molecule has 190 valence electrons. The first kappa shape index (κ1) is 25.2. The highest BCUT2D eigenvalue weighted by Gasteiger charge is 2.47. The fourth-order valence-corrected chi connectivity index (χ4v) is 7.06. The third-order valence-corrected chi connectivity index (χ3v) is 8.76. The van der Waals surface area contributed by atoms with Gasteiger partial charge in [0.1, 0.15) is 12.1 Å². The number of aliphatic carboxylic acids is 1. The van der Waals surface area contributed by atoms with Gasteiger partial charge in [-0.3, -0.25) is 14.2 Å². The second-order valence-electron chi connectivity index (χ2n) is 8.71. The number of aromatic nitrogens is 2. The summed E-state index contributed by atoms with van der Waals surface area (Å²) in [4.78, 5) is 31.0. The Balaban J connectivity index is 1.64. The van der Waals surface area contributed by atoms with Gasteiger partial charge in [0.2, 0.25) is 5.95 Å². The number of carbonyl (C=O) groups is 2. The number of nitrogens with zero attached hydrogens (tertiary/aromatic N) is 5. The molecule has 0 aliphatic carbocycles. The fraction of sp³-hybridized carbons (Fsp3) is 0.250. The molecule has 1 saturated heterocycles. The van der Waals surface area contributed by atoms with Gasteiger partial charge in [-0.05, 0) is 48.7 Å². The molecule has 0 radical (unpaired) electrons. The molecule has 2 aliphatic heterocycles. The number of carboxylic acids is 1. The summed E-state index contributed by atoms with van der Waals surface area (Å²) in [5.74, 6) is -1.65. The number of carboxylic acid groups (broad SMARTS) is 1. The summed E-state index contributed by atoms with van der Waals surface area (Å²) in [7, 11) is -4.32. The number of anilines is 2. The lowest BCUT2D eigenvalue weighted by atomic mass is 10.0. The number of halogens is 2. The molecule has 0 saturated carbocycles. The molecule has 10 nitrogen and oxygen atoms in total. The van der Waals surface area contributed by atoms with E-state index < -0.39 is 34.0 Å². The Bertz CT molecular complexity index is 1540. The largest absolute Gasteiger partial charge is 0.480 e. The van der Waals surface area contributed by atoms with Crippen molar-refractivity contribution in [1.29, 1.82) is 5.26 Å². The van der Waals surface area contributed by atoms with Crippen LogP contribution in [0.5, 0.6) is 0 Å². The van der Waals surface area contributed by atoms with Crippen LogP contribution in [0.25, 0.3) is 0 Å². The van der Waals surface area contributed by atoms with Crippen LogP contribution in [0.3, 0.4) is 0 Å². The molecule has 1 fully saturated rings. The van der Waals surface area contributed by atoms with Crippen LogP contribution >= 0.6 is 23.2 Å². The predicted molar refractivity (Wildman–Crippen MR) is 134 cm³/mol. The second-order valence-corrected chi connectivity index (χ2v) is 11.4. The Labute approximate surface area is 222 Å². The van der Waals surface area contributed by atoms with E-state index in [1.165, 1.54) is 27.7 Å². The maximum absolute atomic E-state index is 13.8. The highest BCUT2D eigenvalue weighted by molar-refractivity contribution is 7.89. The lowest BCUT2D eigenvalue weighted by Crippen LogP contribution is -2.41. The normalized spacial score (nSPS) is 19.7. The van der Waals surface area contributed by atoms with E-state index in [0.29, 0.717) is 23.2 Å². The SMILES string of the molecule is N#Cc1ccc(CC2C(=O)N(c3cc(Cl)cc(Cl)c3)c3ncc(S(=O)(=O)N4CCC[C@H]4C(=O)O)n32)cc1. The van der Waals surface area contributed by atoms with Crippen LogP contribution < -0.4 is 4.90 Å². The van der Waals surface area contributed by atoms with Crippen molar-refractivity contribution >= 4 is 56.7 Å². The van der Waals surface area contributed by atoms with Crippen molar-refractivity contribution in [3.63, 3.8) is 0 Å². The van der Waals surface area contributed by atoms with Gasteiger partial charge in [-0.2, -0.15) is 9.57 Å². The minimum Gasteiger partial charge on any atom is -0.480 e. The minimum absolute atomic E-state index is 0.0433. The molecule has 1 aromatic heterocycles. The zero-order valence-electron chi connectivity index (χ0n) is 19.1. The zero-order chi connectivity index (χ0) is 26.5. The number of imidazole rings is 1. The molecule has 0 bridgehead atoms. The maximum Gasteiger partial charge on any atom is 0.322 e. The Hall–Kier alpha value is -3.43. The Morgan fingerprint density at radius 3 is 2.46 bits per heavy atom. The molecule has 5 rings (SSSR count). The van der Waals surface area contributed by atoms with E-state index in [1.807, 2.05) is 6.07 Å². The van der Waals surface area contributed by atoms with Crippen molar-refractivity contribution in [3.8, 4) is 6.07 Å². The standard InChI is InChI=1S/C24H19Cl2N5O5S/c25-16-9-17(26)11-18(10-16)30-22(32)20(8-14-3-5-15(12-27)6-4-14)31-21(13-28-24(30)31)37(35,36)29-7-1-2-19(29)23(33)34/h3-6,9-11,13,19-20H,1-2,7-8H2,(H,33,34)/t19-,20?/m0/s1. The van der Waals surface area contributed by atoms with E-state index >= 15 is 0 Å². The number of hydrogen-bond acceptors (Lipinski definition) is 6. The summed E-state index contributed by atoms with van der Waals surface area (Å²) in [5.41, 5.74) is 1.44. The van der Waals surface area contributed by atoms with E-state index in [-0.39, 0.29) is 40.4 Å². The summed E-state index contributed by atoms with van der Waals surface area (Å²) in [6.07, 6.45) is 1.83. The molecule has 1 amide bonds. The number of carbonyl (C=O) groups excluding carboxylic acids is 1. The van der Waals surface area contributed by atoms with Gasteiger partial charge in [-0.25, -0.2) is 18.3 Å². The van der Waals surface area contributed by atoms with E-state index in [9.17, 15) is 23.1 Å². The smallest absolute Gasteiger partial charge is 0.322 e. The molecule has 37 heavy (non-hydrogen) atoms. The van der Waals surface area contributed by atoms with Gasteiger partial charge in [0.05, 0.1) is 23.5 Å². The van der Waals surface area contributed by atoms with Crippen LogP contribution in [0.2, 0.25) is 10.0 Å². The van der Waals surface area contributed by atoms with Crippen molar-refractivity contribution in [2.75, 3.05) is 11.4 Å². The van der Waals surface area contributed by atoms with Crippen molar-refractivity contribution in [2.24, 2.45) is 0 Å². The van der Waals surface area contributed by atoms with Gasteiger partial charge >= 0.3 is 5.97 Å². The van der Waals surface area contributed by atoms with Crippen molar-refractivity contribution in [1.82, 2.24) is 13.9 Å². The highest BCUT2D eigenvalue weighted by Crippen LogP contribution is 2.42. The topological polar surface area (TPSA) is 137 Å². The molecule has 2 aliphatic rings. The van der Waals surface area contributed by atoms with Crippen LogP contribution in [-0.4, -0.2) is 51.8 Å². The first-order valence-corrected chi connectivity index (χ1v) is 13.4. The van der Waals surface area contributed by atoms with E-state index in [4.69, 9.17) is 28.5 Å². The molecule has 3 heterocycles. The van der Waals surface area contributed by atoms with Crippen LogP contribution in [0, 0.1) is 11.3 Å². The molecule has 13 heteroatoms. The molecular formula is C24H19Cl2N5O5S. The number of benzene rings is 2. The molecule has 2 aromatic carbocycles. The fourth-order valence-electron chi connectivity index (χ4n) is 4.77. The van der Waals surface area contributed by atoms with Crippen LogP contribution in [0.4, 0.5) is 11.6 Å². The summed E-state index contributed by atoms with van der Waals surface area (Å²) in [5, 5.41) is 18.9. The van der Waals surface area contributed by atoms with Gasteiger partial charge < -0.3 is 5.11 Å². The number of nitriles is 1. The number of hydrogen-bond donors (Lipinski definition) is 1. The Morgan fingerprint density at radius 2 is 1.84 bits per heavy atom. The Morgan fingerprint density at radius 1 is 1.16 bits per heavy atom. The van der Waals surface area contributed by atoms with Crippen LogP contribution in [0.1, 0.15) is 30.0 Å². The second kappa shape index (κ2) is 9.46. The molecular weight excluding hydrogens is 541 g/mol. The summed E-state index contributed by atoms with van der Waals surface area (Å²) in [6.45, 7) is 0.0433. The molecule has 3 aromatic rings. The first-order chi connectivity index (χ1) is 17.6. The van der Waals surface area contributed by atoms with E-state index in [2.05, 4.69) is 4.98 Å². The highest BCUT2D eigenvalue weighted by atomic mass is 35.5. The molecule has 2 atom stereocenters. The van der Waals surface area contributed by atoms with Gasteiger partial charge in [-0.15, -0.1) is 0 Å². The van der Waals surface area contributed by atoms with Crippen molar-refractivity contribution in [2.45, 2.75) is 36.4 Å². The van der Waals surface area contributed by atoms with Gasteiger partial charge in [0.15, 0.2) is 5.03 Å². The predicted octanol–water partition coefficient (Wildman–Crippen LogP) is 3.76. The average Bonchev–Trinajstić information content (AvgIpc) is 3.56. The molecule has 0 spiro atoms. The Kier molecular flexibility index (Phi) is 6.45. The number of amides is 1. The van der Waals surface area contributed by atoms with Gasteiger partial charge in [0, 0.05) is 23.0 Å². The molecule has 1 unspecified atom stereocenters. The van der Waals surface area contributed by atoms with Gasteiger partial charge in [0.25, 0.3) is 15.9 Å². The summed E-state index contributed by atoms with van der Waals surface area (Å²) < 4.78 is 29.7. The lowest BCUT2D eigenvalue weighted by molar-refractivity contribution is -0.140. The number of fused-ring (bicyclic) bond motifs is 1. The number of sulfonamides is 1. The van der Waals surface area contributed by atoms with E-state index in [1.54, 1.807) is 24.3 Å². The minimum atomic E-state index is -4.32. The van der Waals surface area contributed by atoms with Crippen LogP contribution in [-0.2, 0) is 26.0 Å². The molecule has 1 N–H and O–H groups in total. The summed E-state index contributed by atoms with van der Waals surface area (Å²) in [6, 6.07) is 11.0. The monoisotopic (exact) mass is 559 g/mol. The first-order valence-electron chi connectivity index (χ1n) is 11.2. The van der Waals surface area contributed by atoms with Crippen LogP contribution in [0.15, 0.2) is 53.7 Å². The number of rotatable bonds is 6. The third kappa shape index (κ3) is 4.36. The van der Waals surface area contributed by atoms with E-state index in [0.717, 1.165) is 10.5 Å². The third-order valence-electron chi connectivity index (χ3n) is 6.44. The van der Waals surface area contributed by atoms with Crippen molar-refractivity contribution in [3.05, 3.63) is 69.8 Å². The lowest BCUT2D eigenvalue weighted by Gasteiger charge is -2.22. The average molecular weight is 560 g/mol. The quantitative estimate of drug-likeness (QED) is 0.485. The summed E-state index contributed by atoms with van der Waals surface area (Å²) >= 11 is 12.3. The zero-order valence-corrected chi connectivity index (χ0v) is 21.4. The van der Waals surface area contributed by atoms with Crippen molar-refractivity contribution < 1.29 is 23.1 Å².